The topological polar surface area (TPSA) is 57.2 Å². The molecule has 0 aliphatic carbocycles. The highest BCUT2D eigenvalue weighted by Gasteiger charge is 2.20. The van der Waals surface area contributed by atoms with Crippen molar-refractivity contribution in [3.8, 4) is 23.0 Å². The van der Waals surface area contributed by atoms with Crippen LogP contribution in [0.2, 0.25) is 0 Å². The average Bonchev–Trinajstić information content (AvgIpc) is 2.67. The predicted molar refractivity (Wildman–Crippen MR) is 99.1 cm³/mol. The van der Waals surface area contributed by atoms with Crippen LogP contribution in [0.5, 0.6) is 23.0 Å². The van der Waals surface area contributed by atoms with Crippen molar-refractivity contribution in [3.63, 3.8) is 0 Å². The van der Waals surface area contributed by atoms with Gasteiger partial charge in [0, 0.05) is 13.6 Å². The van der Waals surface area contributed by atoms with Crippen molar-refractivity contribution in [1.29, 1.82) is 0 Å². The maximum Gasteiger partial charge on any atom is 0.263 e. The summed E-state index contributed by atoms with van der Waals surface area (Å²) in [6.45, 7) is 2.17. The van der Waals surface area contributed by atoms with Gasteiger partial charge in [0.25, 0.3) is 5.91 Å². The van der Waals surface area contributed by atoms with Gasteiger partial charge in [-0.15, -0.1) is 0 Å². The number of hydrogen-bond acceptors (Lipinski definition) is 5. The highest BCUT2D eigenvalue weighted by atomic mass is 16.5. The molecule has 0 saturated carbocycles. The van der Waals surface area contributed by atoms with E-state index in [1.165, 1.54) is 0 Å². The zero-order chi connectivity index (χ0) is 19.1. The van der Waals surface area contributed by atoms with E-state index in [1.54, 1.807) is 64.5 Å². The molecule has 0 aliphatic rings. The molecule has 2 aromatic rings. The van der Waals surface area contributed by atoms with Crippen LogP contribution in [0.25, 0.3) is 0 Å². The Labute approximate surface area is 154 Å². The molecule has 0 fully saturated rings. The second-order valence-corrected chi connectivity index (χ2v) is 5.82. The van der Waals surface area contributed by atoms with Gasteiger partial charge in [-0.05, 0) is 48.9 Å². The van der Waals surface area contributed by atoms with Crippen LogP contribution in [0.3, 0.4) is 0 Å². The van der Waals surface area contributed by atoms with Crippen molar-refractivity contribution in [1.82, 2.24) is 4.90 Å². The molecule has 0 saturated heterocycles. The number of nitrogens with zero attached hydrogens (tertiary/aromatic N) is 1. The summed E-state index contributed by atoms with van der Waals surface area (Å²) in [4.78, 5) is 14.2. The molecule has 2 aromatic carbocycles. The van der Waals surface area contributed by atoms with E-state index < -0.39 is 6.10 Å². The fourth-order valence-electron chi connectivity index (χ4n) is 2.55. The Morgan fingerprint density at radius 2 is 1.54 bits per heavy atom. The molecule has 140 valence electrons. The Hall–Kier alpha value is -2.89. The van der Waals surface area contributed by atoms with Crippen molar-refractivity contribution < 1.29 is 23.7 Å². The number of carbonyl (C=O) groups is 1. The monoisotopic (exact) mass is 359 g/mol. The summed E-state index contributed by atoms with van der Waals surface area (Å²) in [7, 11) is 6.52. The van der Waals surface area contributed by atoms with Gasteiger partial charge in [0.15, 0.2) is 17.6 Å². The van der Waals surface area contributed by atoms with Gasteiger partial charge in [-0.1, -0.05) is 6.07 Å². The number of amides is 1. The largest absolute Gasteiger partial charge is 0.497 e. The van der Waals surface area contributed by atoms with E-state index in [0.29, 0.717) is 23.8 Å². The van der Waals surface area contributed by atoms with Crippen molar-refractivity contribution in [3.05, 3.63) is 48.0 Å². The number of benzene rings is 2. The summed E-state index contributed by atoms with van der Waals surface area (Å²) in [5, 5.41) is 0. The highest BCUT2D eigenvalue weighted by Crippen LogP contribution is 2.28. The van der Waals surface area contributed by atoms with Gasteiger partial charge in [0.05, 0.1) is 21.3 Å². The molecule has 0 heterocycles. The average molecular weight is 359 g/mol. The van der Waals surface area contributed by atoms with Gasteiger partial charge in [-0.2, -0.15) is 0 Å². The van der Waals surface area contributed by atoms with E-state index in [9.17, 15) is 4.79 Å². The van der Waals surface area contributed by atoms with Crippen LogP contribution in [0.4, 0.5) is 0 Å². The van der Waals surface area contributed by atoms with Crippen molar-refractivity contribution in [2.24, 2.45) is 0 Å². The molecule has 6 nitrogen and oxygen atoms in total. The number of likely N-dealkylation sites (N-methyl/N-ethyl adjacent to an activating group) is 1. The van der Waals surface area contributed by atoms with Crippen LogP contribution < -0.4 is 18.9 Å². The summed E-state index contributed by atoms with van der Waals surface area (Å²) < 4.78 is 21.4. The molecule has 26 heavy (non-hydrogen) atoms. The molecular weight excluding hydrogens is 334 g/mol. The first-order chi connectivity index (χ1) is 12.5. The van der Waals surface area contributed by atoms with E-state index >= 15 is 0 Å². The number of hydrogen-bond donors (Lipinski definition) is 0. The van der Waals surface area contributed by atoms with Crippen LogP contribution in [0.15, 0.2) is 42.5 Å². The Bertz CT molecular complexity index is 729. The molecule has 0 aliphatic heterocycles. The van der Waals surface area contributed by atoms with E-state index in [0.717, 1.165) is 11.3 Å². The first-order valence-electron chi connectivity index (χ1n) is 8.25. The summed E-state index contributed by atoms with van der Waals surface area (Å²) in [6.07, 6.45) is -0.603. The predicted octanol–water partition coefficient (Wildman–Crippen LogP) is 3.14. The second kappa shape index (κ2) is 8.99. The fourth-order valence-corrected chi connectivity index (χ4v) is 2.55. The normalized spacial score (nSPS) is 11.4. The van der Waals surface area contributed by atoms with E-state index in [4.69, 9.17) is 18.9 Å². The molecule has 0 aromatic heterocycles. The lowest BCUT2D eigenvalue weighted by Gasteiger charge is -2.22. The minimum absolute atomic E-state index is 0.115. The van der Waals surface area contributed by atoms with Gasteiger partial charge in [0.2, 0.25) is 0 Å². The summed E-state index contributed by atoms with van der Waals surface area (Å²) >= 11 is 0. The summed E-state index contributed by atoms with van der Waals surface area (Å²) in [5.41, 5.74) is 0.940. The zero-order valence-corrected chi connectivity index (χ0v) is 15.8. The molecule has 0 N–H and O–H groups in total. The lowest BCUT2D eigenvalue weighted by atomic mass is 10.2. The third-order valence-corrected chi connectivity index (χ3v) is 3.96. The number of rotatable bonds is 8. The smallest absolute Gasteiger partial charge is 0.263 e. The molecule has 0 radical (unpaired) electrons. The van der Waals surface area contributed by atoms with Gasteiger partial charge in [-0.25, -0.2) is 0 Å². The molecule has 2 rings (SSSR count). The fraction of sp³-hybridized carbons (Fsp3) is 0.350. The summed E-state index contributed by atoms with van der Waals surface area (Å²) in [5.74, 6) is 2.53. The van der Waals surface area contributed by atoms with E-state index in [1.807, 2.05) is 18.2 Å². The van der Waals surface area contributed by atoms with Gasteiger partial charge >= 0.3 is 0 Å². The highest BCUT2D eigenvalue weighted by molar-refractivity contribution is 5.80. The Morgan fingerprint density at radius 3 is 2.12 bits per heavy atom. The lowest BCUT2D eigenvalue weighted by Crippen LogP contribution is -2.37. The van der Waals surface area contributed by atoms with E-state index in [2.05, 4.69) is 0 Å². The number of methoxy groups -OCH3 is 3. The standard InChI is InChI=1S/C20H25NO5/c1-14(26-17-9-7-16(23-3)8-10-17)20(22)21(2)13-15-6-11-18(24-4)19(12-15)25-5/h6-12,14H,13H2,1-5H3/t14-/m1/s1. The molecule has 0 bridgehead atoms. The molecular formula is C20H25NO5. The maximum atomic E-state index is 12.6. The van der Waals surface area contributed by atoms with Crippen LogP contribution in [-0.4, -0.2) is 45.3 Å². The molecule has 1 amide bonds. The lowest BCUT2D eigenvalue weighted by molar-refractivity contribution is -0.137. The van der Waals surface area contributed by atoms with Crippen molar-refractivity contribution in [2.45, 2.75) is 19.6 Å². The van der Waals surface area contributed by atoms with Crippen LogP contribution in [0.1, 0.15) is 12.5 Å². The second-order valence-electron chi connectivity index (χ2n) is 5.82. The summed E-state index contributed by atoms with van der Waals surface area (Å²) in [6, 6.07) is 12.7. The quantitative estimate of drug-likeness (QED) is 0.725. The number of carbonyl (C=O) groups excluding carboxylic acids is 1. The van der Waals surface area contributed by atoms with Crippen LogP contribution in [-0.2, 0) is 11.3 Å². The molecule has 1 atom stereocenters. The first-order valence-corrected chi connectivity index (χ1v) is 8.25. The van der Waals surface area contributed by atoms with Gasteiger partial charge in [0.1, 0.15) is 11.5 Å². The first kappa shape index (κ1) is 19.4. The minimum Gasteiger partial charge on any atom is -0.497 e. The van der Waals surface area contributed by atoms with Gasteiger partial charge < -0.3 is 23.8 Å². The Kier molecular flexibility index (Phi) is 6.72. The number of ether oxygens (including phenoxy) is 4. The van der Waals surface area contributed by atoms with Crippen molar-refractivity contribution in [2.75, 3.05) is 28.4 Å². The molecule has 0 unspecified atom stereocenters. The van der Waals surface area contributed by atoms with Crippen LogP contribution in [0, 0.1) is 0 Å². The van der Waals surface area contributed by atoms with Gasteiger partial charge in [-0.3, -0.25) is 4.79 Å². The zero-order valence-electron chi connectivity index (χ0n) is 15.8. The van der Waals surface area contributed by atoms with Crippen molar-refractivity contribution >= 4 is 5.91 Å². The SMILES string of the molecule is COc1ccc(O[C@H](C)C(=O)N(C)Cc2ccc(OC)c(OC)c2)cc1. The molecule has 6 heteroatoms. The van der Waals surface area contributed by atoms with Crippen LogP contribution >= 0.6 is 0 Å². The molecule has 0 spiro atoms. The maximum absolute atomic E-state index is 12.6. The minimum atomic E-state index is -0.603. The third-order valence-electron chi connectivity index (χ3n) is 3.96. The third kappa shape index (κ3) is 4.81. The Balaban J connectivity index is 1.99. The Morgan fingerprint density at radius 1 is 0.923 bits per heavy atom. The van der Waals surface area contributed by atoms with E-state index in [-0.39, 0.29) is 5.91 Å².